The molecule has 0 rings (SSSR count). The molecule has 0 atom stereocenters. The van der Waals surface area contributed by atoms with E-state index in [0.29, 0.717) is 0 Å². The maximum Gasteiger partial charge on any atom is 0.303 e. The highest BCUT2D eigenvalue weighted by Crippen LogP contribution is 2.08. The van der Waals surface area contributed by atoms with Crippen LogP contribution in [0.4, 0.5) is 0 Å². The summed E-state index contributed by atoms with van der Waals surface area (Å²) >= 11 is 0. The van der Waals surface area contributed by atoms with Crippen molar-refractivity contribution in [3.8, 4) is 0 Å². The van der Waals surface area contributed by atoms with E-state index in [0.717, 1.165) is 38.5 Å². The third-order valence-corrected chi connectivity index (χ3v) is 2.03. The van der Waals surface area contributed by atoms with Crippen LogP contribution in [0, 0.1) is 0 Å². The number of aliphatic carboxylic acids is 2. The number of rotatable bonds is 9. The summed E-state index contributed by atoms with van der Waals surface area (Å²) in [6.45, 7) is 0. The first-order chi connectivity index (χ1) is 6.63. The van der Waals surface area contributed by atoms with E-state index in [4.69, 9.17) is 10.2 Å². The van der Waals surface area contributed by atoms with Gasteiger partial charge in [-0.3, -0.25) is 9.59 Å². The molecule has 0 aliphatic rings. The topological polar surface area (TPSA) is 232 Å². The molecule has 0 spiro atoms. The fourth-order valence-corrected chi connectivity index (χ4v) is 1.26. The summed E-state index contributed by atoms with van der Waals surface area (Å²) in [4.78, 5) is 20.3. The Morgan fingerprint density at radius 1 is 0.526 bits per heavy atom. The second-order valence-corrected chi connectivity index (χ2v) is 3.41. The van der Waals surface area contributed by atoms with Gasteiger partial charge in [0.2, 0.25) is 0 Å². The number of carbonyl (C=O) groups is 2. The maximum absolute atomic E-state index is 10.1. The summed E-state index contributed by atoms with van der Waals surface area (Å²) in [5, 5.41) is 16.7. The Balaban J connectivity index is -0.0000000845. The first-order valence-corrected chi connectivity index (χ1v) is 5.06. The highest BCUT2D eigenvalue weighted by molar-refractivity contribution is 5.66. The fourth-order valence-electron chi connectivity index (χ4n) is 1.26. The van der Waals surface area contributed by atoms with Gasteiger partial charge in [-0.25, -0.2) is 0 Å². The van der Waals surface area contributed by atoms with Crippen molar-refractivity contribution in [2.45, 2.75) is 51.4 Å². The van der Waals surface area contributed by atoms with Crippen molar-refractivity contribution in [2.24, 2.45) is 0 Å². The smallest absolute Gasteiger partial charge is 0.303 e. The van der Waals surface area contributed by atoms with Gasteiger partial charge in [0.05, 0.1) is 0 Å². The van der Waals surface area contributed by atoms with Crippen LogP contribution in [0.2, 0.25) is 0 Å². The summed E-state index contributed by atoms with van der Waals surface area (Å²) in [6.07, 6.45) is 5.82. The minimum Gasteiger partial charge on any atom is -0.481 e. The largest absolute Gasteiger partial charge is 0.481 e. The number of carboxylic acids is 2. The lowest BCUT2D eigenvalue weighted by Crippen LogP contribution is -1.94. The Morgan fingerprint density at radius 3 is 0.947 bits per heavy atom. The second-order valence-electron chi connectivity index (χ2n) is 3.41. The first kappa shape index (κ1) is 36.1. The molecular weight excluding hydrogens is 264 g/mol. The van der Waals surface area contributed by atoms with Gasteiger partial charge in [-0.2, -0.15) is 0 Å². The van der Waals surface area contributed by atoms with Gasteiger partial charge < -0.3 is 37.6 Å². The Bertz CT molecular complexity index is 164. The van der Waals surface area contributed by atoms with Gasteiger partial charge in [0.25, 0.3) is 0 Å². The molecule has 0 saturated carbocycles. The number of hydrogen-bond donors (Lipinski definition) is 2. The van der Waals surface area contributed by atoms with Crippen LogP contribution < -0.4 is 0 Å². The normalized spacial score (nSPS) is 7.37. The molecule has 19 heavy (non-hydrogen) atoms. The fraction of sp³-hybridized carbons (Fsp3) is 0.800. The molecule has 0 amide bonds. The highest BCUT2D eigenvalue weighted by atomic mass is 16.4. The number of hydrogen-bond acceptors (Lipinski definition) is 2. The molecule has 0 radical (unpaired) electrons. The minimum absolute atomic E-state index is 0. The Morgan fingerprint density at radius 2 is 0.737 bits per heavy atom. The van der Waals surface area contributed by atoms with Crippen LogP contribution in [0.15, 0.2) is 0 Å². The average Bonchev–Trinajstić information content (AvgIpc) is 2.08. The summed E-state index contributed by atoms with van der Waals surface area (Å²) in [7, 11) is 0. The minimum atomic E-state index is -0.740. The molecule has 0 aromatic carbocycles. The van der Waals surface area contributed by atoms with Gasteiger partial charge in [-0.05, 0) is 12.8 Å². The highest BCUT2D eigenvalue weighted by Gasteiger charge is 1.98. The molecule has 0 saturated heterocycles. The van der Waals surface area contributed by atoms with Gasteiger partial charge >= 0.3 is 11.9 Å². The van der Waals surface area contributed by atoms with Crippen molar-refractivity contribution in [1.82, 2.24) is 0 Å². The maximum atomic E-state index is 10.1. The lowest BCUT2D eigenvalue weighted by atomic mass is 10.1. The van der Waals surface area contributed by atoms with Crippen molar-refractivity contribution in [1.29, 1.82) is 0 Å². The molecule has 0 fully saturated rings. The van der Waals surface area contributed by atoms with Crippen molar-refractivity contribution >= 4 is 11.9 Å². The predicted molar refractivity (Wildman–Crippen MR) is 70.3 cm³/mol. The van der Waals surface area contributed by atoms with E-state index in [1.165, 1.54) is 0 Å². The molecule has 0 aliphatic carbocycles. The number of unbranched alkanes of at least 4 members (excludes halogenated alkanes) is 5. The third-order valence-electron chi connectivity index (χ3n) is 2.03. The van der Waals surface area contributed by atoms with E-state index >= 15 is 0 Å². The monoisotopic (exact) mass is 292 g/mol. The van der Waals surface area contributed by atoms with Crippen molar-refractivity contribution in [3.63, 3.8) is 0 Å². The molecule has 0 aromatic heterocycles. The zero-order valence-electron chi connectivity index (χ0n) is 10.9. The van der Waals surface area contributed by atoms with Crippen LogP contribution >= 0.6 is 0 Å². The zero-order valence-corrected chi connectivity index (χ0v) is 10.9. The molecule has 9 nitrogen and oxygen atoms in total. The molecule has 0 bridgehead atoms. The van der Waals surface area contributed by atoms with E-state index in [9.17, 15) is 9.59 Å². The lowest BCUT2D eigenvalue weighted by molar-refractivity contribution is -0.138. The molecular formula is C10H28O9. The van der Waals surface area contributed by atoms with E-state index < -0.39 is 11.9 Å². The van der Waals surface area contributed by atoms with Crippen LogP contribution in [-0.4, -0.2) is 49.5 Å². The van der Waals surface area contributed by atoms with Crippen molar-refractivity contribution in [2.75, 3.05) is 0 Å². The standard InChI is InChI=1S/C10H18O4.5H2O/c11-9(12)7-5-3-1-2-4-6-8-10(13)14;;;;;/h1-8H2,(H,11,12)(H,13,14);5*1H2. The van der Waals surface area contributed by atoms with Crippen molar-refractivity contribution in [3.05, 3.63) is 0 Å². The SMILES string of the molecule is O.O.O.O.O.O=C(O)CCCCCCCCC(=O)O. The van der Waals surface area contributed by atoms with Crippen LogP contribution in [0.5, 0.6) is 0 Å². The van der Waals surface area contributed by atoms with E-state index in [1.807, 2.05) is 0 Å². The van der Waals surface area contributed by atoms with Gasteiger partial charge in [0.15, 0.2) is 0 Å². The van der Waals surface area contributed by atoms with Crippen LogP contribution in [-0.2, 0) is 9.59 Å². The van der Waals surface area contributed by atoms with Gasteiger partial charge in [0, 0.05) is 12.8 Å². The van der Waals surface area contributed by atoms with Gasteiger partial charge in [0.1, 0.15) is 0 Å². The second kappa shape index (κ2) is 25.6. The predicted octanol–water partition coefficient (Wildman–Crippen LogP) is -1.85. The molecule has 0 aromatic rings. The van der Waals surface area contributed by atoms with E-state index in [1.54, 1.807) is 0 Å². The zero-order chi connectivity index (χ0) is 10.8. The van der Waals surface area contributed by atoms with Gasteiger partial charge in [-0.1, -0.05) is 25.7 Å². The molecule has 0 aliphatic heterocycles. The molecule has 122 valence electrons. The summed E-state index contributed by atoms with van der Waals surface area (Å²) in [6, 6.07) is 0. The van der Waals surface area contributed by atoms with Crippen LogP contribution in [0.1, 0.15) is 51.4 Å². The summed E-state index contributed by atoms with van der Waals surface area (Å²) < 4.78 is 0. The Hall–Kier alpha value is -1.26. The first-order valence-electron chi connectivity index (χ1n) is 5.06. The third kappa shape index (κ3) is 38.3. The van der Waals surface area contributed by atoms with E-state index in [-0.39, 0.29) is 40.2 Å². The molecule has 12 N–H and O–H groups in total. The van der Waals surface area contributed by atoms with Gasteiger partial charge in [-0.15, -0.1) is 0 Å². The summed E-state index contributed by atoms with van der Waals surface area (Å²) in [5.41, 5.74) is 0. The summed E-state index contributed by atoms with van der Waals surface area (Å²) in [5.74, 6) is -1.48. The van der Waals surface area contributed by atoms with Crippen LogP contribution in [0.3, 0.4) is 0 Å². The average molecular weight is 292 g/mol. The molecule has 0 unspecified atom stereocenters. The molecule has 9 heteroatoms. The molecule has 0 heterocycles. The Labute approximate surface area is 111 Å². The number of carboxylic acid groups (broad SMARTS) is 2. The Kier molecular flexibility index (Phi) is 48.5. The van der Waals surface area contributed by atoms with Crippen LogP contribution in [0.25, 0.3) is 0 Å². The van der Waals surface area contributed by atoms with E-state index in [2.05, 4.69) is 0 Å². The lowest BCUT2D eigenvalue weighted by Gasteiger charge is -1.98. The van der Waals surface area contributed by atoms with Crippen molar-refractivity contribution < 1.29 is 47.2 Å². The quantitative estimate of drug-likeness (QED) is 0.465.